The van der Waals surface area contributed by atoms with E-state index in [2.05, 4.69) is 34.1 Å². The molecule has 1 rings (SSSR count). The van der Waals surface area contributed by atoms with Crippen LogP contribution < -0.4 is 10.1 Å². The van der Waals surface area contributed by atoms with E-state index in [0.717, 1.165) is 5.75 Å². The van der Waals surface area contributed by atoms with Gasteiger partial charge in [0.15, 0.2) is 5.16 Å². The highest BCUT2D eigenvalue weighted by atomic mass is 32.2. The number of rotatable bonds is 6. The number of nitrogens with zero attached hydrogens (tertiary/aromatic N) is 3. The van der Waals surface area contributed by atoms with Crippen molar-refractivity contribution in [1.29, 1.82) is 0 Å². The molecule has 0 saturated heterocycles. The fraction of sp³-hybridized carbons (Fsp3) is 0.727. The highest BCUT2D eigenvalue weighted by molar-refractivity contribution is 7.99. The number of hydrogen-bond acceptors (Lipinski definition) is 6. The van der Waals surface area contributed by atoms with Crippen molar-refractivity contribution in [3.05, 3.63) is 0 Å². The average Bonchev–Trinajstić information content (AvgIpc) is 2.25. The second-order valence-corrected chi connectivity index (χ2v) is 5.33. The fourth-order valence-corrected chi connectivity index (χ4v) is 1.80. The fourth-order valence-electron chi connectivity index (χ4n) is 1.02. The molecular formula is C11H20N4OS. The number of ether oxygens (including phenoxy) is 1. The largest absolute Gasteiger partial charge is 0.461 e. The maximum Gasteiger partial charge on any atom is 0.322 e. The van der Waals surface area contributed by atoms with Crippen LogP contribution in [0.25, 0.3) is 0 Å². The first-order valence-electron chi connectivity index (χ1n) is 5.74. The number of nitrogens with one attached hydrogen (secondary N) is 1. The summed E-state index contributed by atoms with van der Waals surface area (Å²) in [5, 5.41) is 3.62. The molecule has 96 valence electrons. The topological polar surface area (TPSA) is 59.9 Å². The van der Waals surface area contributed by atoms with Gasteiger partial charge < -0.3 is 10.1 Å². The molecule has 0 unspecified atom stereocenters. The van der Waals surface area contributed by atoms with E-state index < -0.39 is 0 Å². The number of thioether (sulfide) groups is 1. The minimum absolute atomic E-state index is 0.0602. The van der Waals surface area contributed by atoms with Crippen molar-refractivity contribution >= 4 is 17.7 Å². The smallest absolute Gasteiger partial charge is 0.322 e. The van der Waals surface area contributed by atoms with E-state index in [1.165, 1.54) is 0 Å². The summed E-state index contributed by atoms with van der Waals surface area (Å²) in [7, 11) is 1.78. The van der Waals surface area contributed by atoms with Crippen LogP contribution >= 0.6 is 11.8 Å². The van der Waals surface area contributed by atoms with E-state index in [0.29, 0.717) is 23.0 Å². The third kappa shape index (κ3) is 5.21. The summed E-state index contributed by atoms with van der Waals surface area (Å²) in [5.74, 6) is 2.13. The van der Waals surface area contributed by atoms with Crippen LogP contribution in [0, 0.1) is 5.92 Å². The standard InChI is InChI=1S/C11H20N4OS/c1-7(2)6-17-11-14-9(12-5)13-10(15-11)16-8(3)4/h7-8H,6H2,1-5H3,(H,12,13,14,15). The normalized spacial score (nSPS) is 11.0. The van der Waals surface area contributed by atoms with Crippen molar-refractivity contribution in [2.75, 3.05) is 18.1 Å². The Kier molecular flexibility index (Phi) is 5.47. The van der Waals surface area contributed by atoms with E-state index in [1.807, 2.05) is 13.8 Å². The first kappa shape index (κ1) is 14.0. The lowest BCUT2D eigenvalue weighted by Gasteiger charge is -2.10. The van der Waals surface area contributed by atoms with Gasteiger partial charge in [-0.1, -0.05) is 25.6 Å². The van der Waals surface area contributed by atoms with Gasteiger partial charge in [-0.2, -0.15) is 15.0 Å². The van der Waals surface area contributed by atoms with Crippen molar-refractivity contribution in [1.82, 2.24) is 15.0 Å². The second kappa shape index (κ2) is 6.64. The Morgan fingerprint density at radius 1 is 1.18 bits per heavy atom. The maximum absolute atomic E-state index is 5.49. The van der Waals surface area contributed by atoms with Crippen LogP contribution in [0.1, 0.15) is 27.7 Å². The zero-order valence-electron chi connectivity index (χ0n) is 11.0. The molecule has 0 aliphatic rings. The first-order valence-corrected chi connectivity index (χ1v) is 6.73. The molecule has 0 spiro atoms. The summed E-state index contributed by atoms with van der Waals surface area (Å²) in [5.41, 5.74) is 0. The third-order valence-corrected chi connectivity index (χ3v) is 2.98. The summed E-state index contributed by atoms with van der Waals surface area (Å²) in [6.07, 6.45) is 0.0602. The monoisotopic (exact) mass is 256 g/mol. The molecular weight excluding hydrogens is 236 g/mol. The molecule has 5 nitrogen and oxygen atoms in total. The van der Waals surface area contributed by atoms with Crippen molar-refractivity contribution < 1.29 is 4.74 Å². The molecule has 1 aromatic rings. The van der Waals surface area contributed by atoms with Crippen molar-refractivity contribution in [3.63, 3.8) is 0 Å². The predicted molar refractivity (Wildman–Crippen MR) is 70.7 cm³/mol. The Morgan fingerprint density at radius 3 is 2.41 bits per heavy atom. The van der Waals surface area contributed by atoms with E-state index in [9.17, 15) is 0 Å². The van der Waals surface area contributed by atoms with Crippen LogP contribution in [0.4, 0.5) is 5.95 Å². The van der Waals surface area contributed by atoms with Gasteiger partial charge in [0.2, 0.25) is 5.95 Å². The molecule has 0 amide bonds. The predicted octanol–water partition coefficient (Wildman–Crippen LogP) is 2.45. The number of hydrogen-bond donors (Lipinski definition) is 1. The maximum atomic E-state index is 5.49. The molecule has 0 bridgehead atoms. The quantitative estimate of drug-likeness (QED) is 0.789. The van der Waals surface area contributed by atoms with Crippen LogP contribution in [-0.4, -0.2) is 33.9 Å². The molecule has 17 heavy (non-hydrogen) atoms. The molecule has 1 N–H and O–H groups in total. The number of aromatic nitrogens is 3. The zero-order chi connectivity index (χ0) is 12.8. The Hall–Kier alpha value is -1.04. The third-order valence-electron chi connectivity index (χ3n) is 1.70. The Bertz CT molecular complexity index is 357. The molecule has 0 saturated carbocycles. The Balaban J connectivity index is 2.81. The van der Waals surface area contributed by atoms with Gasteiger partial charge >= 0.3 is 6.01 Å². The van der Waals surface area contributed by atoms with Gasteiger partial charge in [-0.15, -0.1) is 0 Å². The molecule has 0 aliphatic heterocycles. The van der Waals surface area contributed by atoms with E-state index in [1.54, 1.807) is 18.8 Å². The zero-order valence-corrected chi connectivity index (χ0v) is 11.8. The molecule has 0 aliphatic carbocycles. The van der Waals surface area contributed by atoms with Crippen LogP contribution in [0.15, 0.2) is 5.16 Å². The lowest BCUT2D eigenvalue weighted by Crippen LogP contribution is -2.11. The minimum Gasteiger partial charge on any atom is -0.461 e. The van der Waals surface area contributed by atoms with Crippen LogP contribution in [-0.2, 0) is 0 Å². The van der Waals surface area contributed by atoms with E-state index in [4.69, 9.17) is 4.74 Å². The Morgan fingerprint density at radius 2 is 1.88 bits per heavy atom. The van der Waals surface area contributed by atoms with Gasteiger partial charge in [0.05, 0.1) is 6.10 Å². The molecule has 6 heteroatoms. The second-order valence-electron chi connectivity index (χ2n) is 4.35. The molecule has 0 radical (unpaired) electrons. The first-order chi connectivity index (χ1) is 8.01. The van der Waals surface area contributed by atoms with E-state index in [-0.39, 0.29) is 6.10 Å². The van der Waals surface area contributed by atoms with Crippen LogP contribution in [0.2, 0.25) is 0 Å². The van der Waals surface area contributed by atoms with Gasteiger partial charge in [-0.05, 0) is 19.8 Å². The van der Waals surface area contributed by atoms with Crippen molar-refractivity contribution in [3.8, 4) is 6.01 Å². The highest BCUT2D eigenvalue weighted by Crippen LogP contribution is 2.20. The summed E-state index contributed by atoms with van der Waals surface area (Å²) >= 11 is 1.62. The molecule has 0 atom stereocenters. The highest BCUT2D eigenvalue weighted by Gasteiger charge is 2.09. The van der Waals surface area contributed by atoms with E-state index >= 15 is 0 Å². The van der Waals surface area contributed by atoms with Crippen molar-refractivity contribution in [2.24, 2.45) is 5.92 Å². The van der Waals surface area contributed by atoms with Gasteiger partial charge in [0.25, 0.3) is 0 Å². The molecule has 1 aromatic heterocycles. The minimum atomic E-state index is 0.0602. The summed E-state index contributed by atoms with van der Waals surface area (Å²) in [6, 6.07) is 0.380. The van der Waals surface area contributed by atoms with Gasteiger partial charge in [0.1, 0.15) is 0 Å². The number of anilines is 1. The van der Waals surface area contributed by atoms with Crippen LogP contribution in [0.5, 0.6) is 6.01 Å². The molecule has 0 aromatic carbocycles. The van der Waals surface area contributed by atoms with Gasteiger partial charge in [0, 0.05) is 12.8 Å². The van der Waals surface area contributed by atoms with Crippen molar-refractivity contribution in [2.45, 2.75) is 39.0 Å². The van der Waals surface area contributed by atoms with Gasteiger partial charge in [-0.3, -0.25) is 0 Å². The molecule has 0 fully saturated rings. The molecule has 1 heterocycles. The SMILES string of the molecule is CNc1nc(OC(C)C)nc(SCC(C)C)n1. The summed E-state index contributed by atoms with van der Waals surface area (Å²) in [6.45, 7) is 8.23. The lowest BCUT2D eigenvalue weighted by atomic mass is 10.3. The summed E-state index contributed by atoms with van der Waals surface area (Å²) < 4.78 is 5.49. The summed E-state index contributed by atoms with van der Waals surface area (Å²) in [4.78, 5) is 12.7. The van der Waals surface area contributed by atoms with Gasteiger partial charge in [-0.25, -0.2) is 0 Å². The van der Waals surface area contributed by atoms with Crippen LogP contribution in [0.3, 0.4) is 0 Å². The lowest BCUT2D eigenvalue weighted by molar-refractivity contribution is 0.219. The average molecular weight is 256 g/mol. The Labute approximate surface area is 107 Å².